The fourth-order valence-corrected chi connectivity index (χ4v) is 1.51. The highest BCUT2D eigenvalue weighted by Crippen LogP contribution is 2.08. The topological polar surface area (TPSA) is 136 Å². The van der Waals surface area contributed by atoms with E-state index in [-0.39, 0.29) is 17.2 Å². The van der Waals surface area contributed by atoms with E-state index < -0.39 is 10.1 Å². The van der Waals surface area contributed by atoms with Gasteiger partial charge in [0.05, 0.1) is 5.75 Å². The number of hydrogen-bond acceptors (Lipinski definition) is 8. The summed E-state index contributed by atoms with van der Waals surface area (Å²) in [7, 11) is -3.80. The van der Waals surface area contributed by atoms with Gasteiger partial charge in [0.25, 0.3) is 0 Å². The normalized spacial score (nSPS) is 12.3. The third-order valence-corrected chi connectivity index (χ3v) is 3.35. The molecular weight excluding hydrogens is 296 g/mol. The zero-order valence-corrected chi connectivity index (χ0v) is 11.7. The van der Waals surface area contributed by atoms with E-state index in [1.165, 1.54) is 31.2 Å². The van der Waals surface area contributed by atoms with E-state index in [4.69, 9.17) is 15.7 Å². The van der Waals surface area contributed by atoms with Crippen LogP contribution in [0.3, 0.4) is 0 Å². The molecule has 0 aliphatic rings. The first-order valence-electron chi connectivity index (χ1n) is 5.59. The van der Waals surface area contributed by atoms with E-state index in [1.807, 2.05) is 0 Å². The van der Waals surface area contributed by atoms with Crippen molar-refractivity contribution in [3.8, 4) is 12.1 Å². The monoisotopic (exact) mass is 306 g/mol. The average molecular weight is 306 g/mol. The minimum absolute atomic E-state index is 0.193. The van der Waals surface area contributed by atoms with Crippen LogP contribution in [0.4, 0.5) is 0 Å². The Bertz CT molecular complexity index is 752. The molecule has 1 aromatic carbocycles. The summed E-state index contributed by atoms with van der Waals surface area (Å²) >= 11 is 0. The van der Waals surface area contributed by atoms with E-state index in [0.29, 0.717) is 11.1 Å². The van der Waals surface area contributed by atoms with E-state index in [1.54, 1.807) is 12.1 Å². The molecule has 1 rings (SSSR count). The van der Waals surface area contributed by atoms with E-state index >= 15 is 0 Å². The smallest absolute Gasteiger partial charge is 0.328 e. The lowest BCUT2D eigenvalue weighted by Gasteiger charge is -2.01. The van der Waals surface area contributed by atoms with Crippen LogP contribution in [0.2, 0.25) is 0 Å². The Morgan fingerprint density at radius 3 is 2.05 bits per heavy atom. The Balaban J connectivity index is 3.08. The Kier molecular flexibility index (Phi) is 5.40. The predicted octanol–water partition coefficient (Wildman–Crippen LogP) is 0.982. The minimum atomic E-state index is -3.80. The summed E-state index contributed by atoms with van der Waals surface area (Å²) in [5, 5.41) is 32.4. The van der Waals surface area contributed by atoms with Crippen LogP contribution in [0.15, 0.2) is 34.6 Å². The van der Waals surface area contributed by atoms with Crippen molar-refractivity contribution in [2.45, 2.75) is 6.92 Å². The molecule has 0 amide bonds. The van der Waals surface area contributed by atoms with Gasteiger partial charge in [-0.05, 0) is 6.92 Å². The third-order valence-electron chi connectivity index (χ3n) is 2.34. The van der Waals surface area contributed by atoms with Crippen LogP contribution in [0.5, 0.6) is 0 Å². The molecule has 0 heterocycles. The minimum Gasteiger partial charge on any atom is -0.410 e. The fourth-order valence-electron chi connectivity index (χ4n) is 1.22. The quantitative estimate of drug-likeness (QED) is 0.489. The zero-order chi connectivity index (χ0) is 15.9. The Hall–Kier alpha value is -2.91. The lowest BCUT2D eigenvalue weighted by atomic mass is 10.1. The summed E-state index contributed by atoms with van der Waals surface area (Å²) in [6.45, 7) is 1.38. The molecule has 0 bridgehead atoms. The number of oxime groups is 2. The maximum atomic E-state index is 11.2. The zero-order valence-electron chi connectivity index (χ0n) is 10.9. The largest absolute Gasteiger partial charge is 0.410 e. The summed E-state index contributed by atoms with van der Waals surface area (Å²) in [6.07, 6.45) is 0. The SMILES string of the molecule is CCS(=O)(=O)ON=C(C#N)c1ccc(C(C#N)=NO)cc1. The molecule has 0 aliphatic heterocycles. The second-order valence-electron chi connectivity index (χ2n) is 3.61. The Morgan fingerprint density at radius 1 is 1.19 bits per heavy atom. The molecule has 0 aliphatic carbocycles. The summed E-state index contributed by atoms with van der Waals surface area (Å²) in [4.78, 5) is 0. The first-order chi connectivity index (χ1) is 9.97. The van der Waals surface area contributed by atoms with Gasteiger partial charge in [-0.1, -0.05) is 34.6 Å². The number of hydrogen-bond donors (Lipinski definition) is 1. The summed E-state index contributed by atoms with van der Waals surface area (Å²) in [5.41, 5.74) is 0.200. The van der Waals surface area contributed by atoms with Gasteiger partial charge in [0.15, 0.2) is 11.4 Å². The Morgan fingerprint density at radius 2 is 1.67 bits per heavy atom. The molecule has 0 saturated heterocycles. The van der Waals surface area contributed by atoms with Crippen LogP contribution in [0.1, 0.15) is 18.1 Å². The molecule has 8 nitrogen and oxygen atoms in total. The maximum Gasteiger partial charge on any atom is 0.328 e. The van der Waals surface area contributed by atoms with Crippen molar-refractivity contribution < 1.29 is 17.9 Å². The van der Waals surface area contributed by atoms with Crippen LogP contribution in [-0.4, -0.2) is 30.8 Å². The van der Waals surface area contributed by atoms with Gasteiger partial charge >= 0.3 is 10.1 Å². The second kappa shape index (κ2) is 7.03. The molecule has 0 saturated carbocycles. The van der Waals surface area contributed by atoms with Gasteiger partial charge in [-0.2, -0.15) is 18.9 Å². The van der Waals surface area contributed by atoms with Gasteiger partial charge in [0.2, 0.25) is 0 Å². The third kappa shape index (κ3) is 4.30. The highest BCUT2D eigenvalue weighted by molar-refractivity contribution is 7.86. The number of nitriles is 2. The van der Waals surface area contributed by atoms with Crippen LogP contribution in [0.25, 0.3) is 0 Å². The van der Waals surface area contributed by atoms with Crippen molar-refractivity contribution in [3.05, 3.63) is 35.4 Å². The molecule has 21 heavy (non-hydrogen) atoms. The van der Waals surface area contributed by atoms with E-state index in [0.717, 1.165) is 0 Å². The van der Waals surface area contributed by atoms with Gasteiger partial charge in [0, 0.05) is 11.1 Å². The summed E-state index contributed by atoms with van der Waals surface area (Å²) in [5.74, 6) is -0.271. The molecule has 0 fully saturated rings. The number of nitrogens with zero attached hydrogens (tertiary/aromatic N) is 4. The summed E-state index contributed by atoms with van der Waals surface area (Å²) < 4.78 is 26.6. The lowest BCUT2D eigenvalue weighted by molar-refractivity contribution is 0.320. The van der Waals surface area contributed by atoms with Crippen molar-refractivity contribution in [1.82, 2.24) is 0 Å². The molecule has 0 atom stereocenters. The highest BCUT2D eigenvalue weighted by Gasteiger charge is 2.10. The van der Waals surface area contributed by atoms with E-state index in [9.17, 15) is 8.42 Å². The Labute approximate surface area is 121 Å². The van der Waals surface area contributed by atoms with Crippen molar-refractivity contribution in [2.75, 3.05) is 5.75 Å². The molecule has 0 aromatic heterocycles. The van der Waals surface area contributed by atoms with Gasteiger partial charge in [-0.15, -0.1) is 0 Å². The van der Waals surface area contributed by atoms with Gasteiger partial charge < -0.3 is 5.21 Å². The highest BCUT2D eigenvalue weighted by atomic mass is 32.2. The van der Waals surface area contributed by atoms with Crippen LogP contribution in [0, 0.1) is 22.7 Å². The maximum absolute atomic E-state index is 11.2. The second-order valence-corrected chi connectivity index (χ2v) is 5.45. The van der Waals surface area contributed by atoms with Gasteiger partial charge in [0.1, 0.15) is 12.1 Å². The lowest BCUT2D eigenvalue weighted by Crippen LogP contribution is -2.07. The van der Waals surface area contributed by atoms with Crippen molar-refractivity contribution in [2.24, 2.45) is 10.3 Å². The van der Waals surface area contributed by atoms with Crippen LogP contribution in [-0.2, 0) is 14.4 Å². The summed E-state index contributed by atoms with van der Waals surface area (Å²) in [6, 6.07) is 9.08. The standard InChI is InChI=1S/C12H10N4O4S/c1-2-21(18,19)20-16-12(8-14)10-5-3-9(4-6-10)11(7-13)15-17/h3-6,17H,2H2,1H3. The number of benzene rings is 1. The van der Waals surface area contributed by atoms with Crippen LogP contribution < -0.4 is 0 Å². The van der Waals surface area contributed by atoms with Gasteiger partial charge in [-0.3, -0.25) is 4.28 Å². The van der Waals surface area contributed by atoms with E-state index in [2.05, 4.69) is 14.6 Å². The molecular formula is C12H10N4O4S. The predicted molar refractivity (Wildman–Crippen MR) is 73.1 cm³/mol. The fraction of sp³-hybridized carbons (Fsp3) is 0.167. The van der Waals surface area contributed by atoms with Crippen molar-refractivity contribution in [1.29, 1.82) is 10.5 Å². The molecule has 0 radical (unpaired) electrons. The van der Waals surface area contributed by atoms with Gasteiger partial charge in [-0.25, -0.2) is 0 Å². The molecule has 9 heteroatoms. The molecule has 108 valence electrons. The first-order valence-corrected chi connectivity index (χ1v) is 7.17. The first kappa shape index (κ1) is 16.1. The van der Waals surface area contributed by atoms with Crippen LogP contribution >= 0.6 is 0 Å². The molecule has 1 aromatic rings. The average Bonchev–Trinajstić information content (AvgIpc) is 2.50. The van der Waals surface area contributed by atoms with Crippen molar-refractivity contribution in [3.63, 3.8) is 0 Å². The molecule has 0 unspecified atom stereocenters. The molecule has 1 N–H and O–H groups in total. The number of rotatable bonds is 5. The van der Waals surface area contributed by atoms with Crippen molar-refractivity contribution >= 4 is 21.5 Å². The molecule has 0 spiro atoms.